The molecule has 0 amide bonds. The lowest BCUT2D eigenvalue weighted by Gasteiger charge is -2.37. The maximum atomic E-state index is 9.20. The zero-order valence-electron chi connectivity index (χ0n) is 6.24. The number of ether oxygens (including phenoxy) is 1. The Balaban J connectivity index is 2.63. The number of aliphatic hydroxyl groups is 4. The van der Waals surface area contributed by atoms with E-state index in [2.05, 4.69) is 12.6 Å². The second-order valence-electron chi connectivity index (χ2n) is 2.72. The average molecular weight is 196 g/mol. The summed E-state index contributed by atoms with van der Waals surface area (Å²) in [5.41, 5.74) is -0.874. The molecule has 0 aromatic heterocycles. The highest BCUT2D eigenvalue weighted by molar-refractivity contribution is 7.80. The Bertz CT molecular complexity index is 150. The summed E-state index contributed by atoms with van der Waals surface area (Å²) in [4.78, 5) is 0. The van der Waals surface area contributed by atoms with Crippen LogP contribution in [0.2, 0.25) is 0 Å². The summed E-state index contributed by atoms with van der Waals surface area (Å²) in [5.74, 6) is 0. The van der Waals surface area contributed by atoms with Crippen molar-refractivity contribution in [1.82, 2.24) is 0 Å². The molecule has 1 aliphatic heterocycles. The average Bonchev–Trinajstić information content (AvgIpc) is 2.08. The Morgan fingerprint density at radius 3 is 2.17 bits per heavy atom. The molecule has 1 heterocycles. The van der Waals surface area contributed by atoms with E-state index in [9.17, 15) is 10.2 Å². The van der Waals surface area contributed by atoms with E-state index in [1.807, 2.05) is 0 Å². The van der Waals surface area contributed by atoms with Crippen LogP contribution < -0.4 is 0 Å². The molecule has 5 nitrogen and oxygen atoms in total. The van der Waals surface area contributed by atoms with E-state index in [0.29, 0.717) is 0 Å². The molecule has 1 saturated heterocycles. The second kappa shape index (κ2) is 3.91. The van der Waals surface area contributed by atoms with E-state index in [-0.39, 0.29) is 0 Å². The summed E-state index contributed by atoms with van der Waals surface area (Å²) in [7, 11) is 0. The van der Waals surface area contributed by atoms with Gasteiger partial charge >= 0.3 is 0 Å². The number of thiol groups is 1. The van der Waals surface area contributed by atoms with Gasteiger partial charge in [0.25, 0.3) is 0 Å². The monoisotopic (exact) mass is 196 g/mol. The molecular formula is C6H12O5S. The zero-order chi connectivity index (χ0) is 9.30. The Hall–Kier alpha value is 0.150. The van der Waals surface area contributed by atoms with Crippen molar-refractivity contribution in [2.75, 3.05) is 6.61 Å². The van der Waals surface area contributed by atoms with Crippen LogP contribution in [-0.2, 0) is 4.74 Å². The van der Waals surface area contributed by atoms with Gasteiger partial charge in [0, 0.05) is 0 Å². The van der Waals surface area contributed by atoms with Gasteiger partial charge in [-0.1, -0.05) is 0 Å². The third kappa shape index (κ3) is 1.73. The summed E-state index contributed by atoms with van der Waals surface area (Å²) in [5, 5.41) is 36.2. The van der Waals surface area contributed by atoms with Crippen molar-refractivity contribution in [3.8, 4) is 0 Å². The molecule has 1 aliphatic rings. The Morgan fingerprint density at radius 2 is 1.67 bits per heavy atom. The Kier molecular flexibility index (Phi) is 3.33. The summed E-state index contributed by atoms with van der Waals surface area (Å²) < 4.78 is 4.88. The van der Waals surface area contributed by atoms with Gasteiger partial charge in [-0.05, 0) is 0 Å². The molecule has 0 saturated carbocycles. The van der Waals surface area contributed by atoms with Crippen LogP contribution in [0.3, 0.4) is 0 Å². The third-order valence-corrected chi connectivity index (χ3v) is 2.29. The Labute approximate surface area is 75.0 Å². The van der Waals surface area contributed by atoms with Crippen LogP contribution in [0.4, 0.5) is 0 Å². The smallest absolute Gasteiger partial charge is 0.129 e. The van der Waals surface area contributed by atoms with Gasteiger partial charge in [-0.25, -0.2) is 0 Å². The molecule has 0 aromatic rings. The summed E-state index contributed by atoms with van der Waals surface area (Å²) in [6.45, 7) is -0.415. The van der Waals surface area contributed by atoms with E-state index in [1.165, 1.54) is 0 Å². The van der Waals surface area contributed by atoms with Gasteiger partial charge in [0.1, 0.15) is 29.9 Å². The number of aliphatic hydroxyl groups excluding tert-OH is 4. The lowest BCUT2D eigenvalue weighted by Crippen LogP contribution is -2.56. The third-order valence-electron chi connectivity index (χ3n) is 1.87. The van der Waals surface area contributed by atoms with Gasteiger partial charge in [-0.3, -0.25) is 0 Å². The van der Waals surface area contributed by atoms with Gasteiger partial charge in [0.15, 0.2) is 0 Å². The molecule has 1 rings (SSSR count). The van der Waals surface area contributed by atoms with E-state index < -0.39 is 36.5 Å². The largest absolute Gasteiger partial charge is 0.394 e. The zero-order valence-corrected chi connectivity index (χ0v) is 7.13. The van der Waals surface area contributed by atoms with Gasteiger partial charge in [0.2, 0.25) is 0 Å². The van der Waals surface area contributed by atoms with Crippen molar-refractivity contribution in [3.05, 3.63) is 0 Å². The normalized spacial score (nSPS) is 49.2. The highest BCUT2D eigenvalue weighted by Gasteiger charge is 2.41. The first-order chi connectivity index (χ1) is 5.57. The van der Waals surface area contributed by atoms with Crippen LogP contribution in [0.1, 0.15) is 0 Å². The fourth-order valence-electron chi connectivity index (χ4n) is 1.08. The molecule has 4 N–H and O–H groups in total. The van der Waals surface area contributed by atoms with Gasteiger partial charge < -0.3 is 25.2 Å². The van der Waals surface area contributed by atoms with E-state index in [1.54, 1.807) is 0 Å². The van der Waals surface area contributed by atoms with Crippen LogP contribution in [0.5, 0.6) is 0 Å². The van der Waals surface area contributed by atoms with Gasteiger partial charge in [-0.2, -0.15) is 0 Å². The summed E-state index contributed by atoms with van der Waals surface area (Å²) in [6.07, 6.45) is -4.70. The molecule has 6 heteroatoms. The molecule has 0 aromatic carbocycles. The SMILES string of the molecule is OC[C@H]1OC(S)[C@H](O)[C@@H](O)[C@@H]1O. The van der Waals surface area contributed by atoms with E-state index in [0.717, 1.165) is 0 Å². The first-order valence-electron chi connectivity index (χ1n) is 3.56. The first-order valence-corrected chi connectivity index (χ1v) is 4.08. The topological polar surface area (TPSA) is 90.2 Å². The molecule has 72 valence electrons. The van der Waals surface area contributed by atoms with Crippen molar-refractivity contribution in [3.63, 3.8) is 0 Å². The second-order valence-corrected chi connectivity index (χ2v) is 3.23. The quantitative estimate of drug-likeness (QED) is 0.305. The van der Waals surface area contributed by atoms with Crippen molar-refractivity contribution < 1.29 is 25.2 Å². The number of hydrogen-bond donors (Lipinski definition) is 5. The van der Waals surface area contributed by atoms with Crippen LogP contribution in [0.25, 0.3) is 0 Å². The fourth-order valence-corrected chi connectivity index (χ4v) is 1.41. The highest BCUT2D eigenvalue weighted by atomic mass is 32.1. The van der Waals surface area contributed by atoms with E-state index in [4.69, 9.17) is 14.9 Å². The summed E-state index contributed by atoms with van der Waals surface area (Å²) >= 11 is 3.81. The van der Waals surface area contributed by atoms with Crippen LogP contribution >= 0.6 is 12.6 Å². The maximum Gasteiger partial charge on any atom is 0.129 e. The number of rotatable bonds is 1. The maximum absolute atomic E-state index is 9.20. The fraction of sp³-hybridized carbons (Fsp3) is 1.00. The Morgan fingerprint density at radius 1 is 1.08 bits per heavy atom. The molecule has 0 radical (unpaired) electrons. The van der Waals surface area contributed by atoms with Crippen molar-refractivity contribution in [2.45, 2.75) is 29.9 Å². The lowest BCUT2D eigenvalue weighted by atomic mass is 10.0. The van der Waals surface area contributed by atoms with Crippen molar-refractivity contribution in [2.24, 2.45) is 0 Å². The lowest BCUT2D eigenvalue weighted by molar-refractivity contribution is -0.205. The minimum absolute atomic E-state index is 0.415. The number of hydrogen-bond acceptors (Lipinski definition) is 6. The minimum atomic E-state index is -1.32. The molecule has 5 atom stereocenters. The van der Waals surface area contributed by atoms with Gasteiger partial charge in [-0.15, -0.1) is 12.6 Å². The van der Waals surface area contributed by atoms with Crippen molar-refractivity contribution >= 4 is 12.6 Å². The molecule has 0 bridgehead atoms. The van der Waals surface area contributed by atoms with Crippen LogP contribution in [0.15, 0.2) is 0 Å². The molecule has 0 spiro atoms. The predicted molar refractivity (Wildman–Crippen MR) is 42.8 cm³/mol. The van der Waals surface area contributed by atoms with Crippen molar-refractivity contribution in [1.29, 1.82) is 0 Å². The van der Waals surface area contributed by atoms with Crippen LogP contribution in [-0.4, -0.2) is 56.9 Å². The first kappa shape index (κ1) is 10.2. The standard InChI is InChI=1S/C6H12O5S/c7-1-2-3(8)4(9)5(10)6(12)11-2/h2-10,12H,1H2/t2-,3-,4+,5-,6?/m1/s1. The molecular weight excluding hydrogens is 184 g/mol. The highest BCUT2D eigenvalue weighted by Crippen LogP contribution is 2.22. The van der Waals surface area contributed by atoms with Crippen LogP contribution in [0, 0.1) is 0 Å². The van der Waals surface area contributed by atoms with E-state index >= 15 is 0 Å². The molecule has 0 aliphatic carbocycles. The minimum Gasteiger partial charge on any atom is -0.394 e. The molecule has 1 fully saturated rings. The predicted octanol–water partition coefficient (Wildman–Crippen LogP) is -2.28. The summed E-state index contributed by atoms with van der Waals surface area (Å²) in [6, 6.07) is 0. The molecule has 12 heavy (non-hydrogen) atoms. The van der Waals surface area contributed by atoms with Gasteiger partial charge in [0.05, 0.1) is 6.61 Å². The molecule has 1 unspecified atom stereocenters.